The Kier molecular flexibility index (Phi) is 4.33. The van der Waals surface area contributed by atoms with E-state index < -0.39 is 10.7 Å². The number of non-ortho nitro benzene ring substituents is 1. The van der Waals surface area contributed by atoms with Crippen LogP contribution in [0.25, 0.3) is 17.0 Å². The Labute approximate surface area is 147 Å². The van der Waals surface area contributed by atoms with Crippen molar-refractivity contribution < 1.29 is 9.72 Å². The maximum atomic E-state index is 12.7. The molecule has 1 aromatic heterocycles. The van der Waals surface area contributed by atoms with Crippen LogP contribution < -0.4 is 0 Å². The summed E-state index contributed by atoms with van der Waals surface area (Å²) < 4.78 is 0. The van der Waals surface area contributed by atoms with Crippen molar-refractivity contribution in [3.8, 4) is 6.07 Å². The second kappa shape index (κ2) is 6.59. The number of ketones is 1. The van der Waals surface area contributed by atoms with Gasteiger partial charge in [-0.05, 0) is 18.2 Å². The van der Waals surface area contributed by atoms with Crippen LogP contribution in [0, 0.1) is 21.4 Å². The number of halogens is 1. The number of H-pyrrole nitrogens is 1. The number of nitrogens with one attached hydrogen (secondary N) is 1. The van der Waals surface area contributed by atoms with E-state index in [1.807, 2.05) is 18.2 Å². The first-order valence-corrected chi connectivity index (χ1v) is 7.55. The minimum Gasteiger partial charge on any atom is -0.360 e. The van der Waals surface area contributed by atoms with Gasteiger partial charge in [-0.3, -0.25) is 14.9 Å². The molecule has 3 rings (SSSR count). The summed E-state index contributed by atoms with van der Waals surface area (Å²) in [7, 11) is 0. The van der Waals surface area contributed by atoms with Gasteiger partial charge in [0.15, 0.2) is 0 Å². The molecular formula is C18H10ClN3O3. The van der Waals surface area contributed by atoms with E-state index in [2.05, 4.69) is 4.98 Å². The highest BCUT2D eigenvalue weighted by atomic mass is 35.5. The van der Waals surface area contributed by atoms with Gasteiger partial charge in [-0.25, -0.2) is 0 Å². The normalized spacial score (nSPS) is 11.3. The third-order valence-corrected chi connectivity index (χ3v) is 4.03. The van der Waals surface area contributed by atoms with Crippen LogP contribution in [0.2, 0.25) is 5.02 Å². The van der Waals surface area contributed by atoms with E-state index in [0.717, 1.165) is 5.52 Å². The standard InChI is InChI=1S/C18H10ClN3O3/c19-16-6-5-13(22(24)25)8-11(16)7-12(9-20)18(23)15-10-21-17-4-2-1-3-14(15)17/h1-8,10,21H/b12-7+. The second-order valence-corrected chi connectivity index (χ2v) is 5.62. The van der Waals surface area contributed by atoms with E-state index >= 15 is 0 Å². The van der Waals surface area contributed by atoms with Crippen LogP contribution in [-0.2, 0) is 0 Å². The summed E-state index contributed by atoms with van der Waals surface area (Å²) in [6.45, 7) is 0. The number of nitriles is 1. The zero-order valence-electron chi connectivity index (χ0n) is 12.7. The number of nitrogens with zero attached hydrogens (tertiary/aromatic N) is 2. The maximum Gasteiger partial charge on any atom is 0.270 e. The van der Waals surface area contributed by atoms with Gasteiger partial charge in [-0.15, -0.1) is 0 Å². The summed E-state index contributed by atoms with van der Waals surface area (Å²) in [5, 5.41) is 21.2. The molecule has 0 aliphatic rings. The van der Waals surface area contributed by atoms with E-state index in [1.54, 1.807) is 12.1 Å². The lowest BCUT2D eigenvalue weighted by atomic mass is 10.0. The smallest absolute Gasteiger partial charge is 0.270 e. The molecule has 0 aliphatic heterocycles. The van der Waals surface area contributed by atoms with E-state index in [0.29, 0.717) is 10.9 Å². The predicted molar refractivity (Wildman–Crippen MR) is 94.3 cm³/mol. The Morgan fingerprint density at radius 2 is 2.04 bits per heavy atom. The number of carbonyl (C=O) groups is 1. The minimum absolute atomic E-state index is 0.160. The highest BCUT2D eigenvalue weighted by molar-refractivity contribution is 6.32. The van der Waals surface area contributed by atoms with Gasteiger partial charge in [0.2, 0.25) is 5.78 Å². The molecule has 0 aliphatic carbocycles. The van der Waals surface area contributed by atoms with Gasteiger partial charge < -0.3 is 4.98 Å². The molecule has 0 amide bonds. The van der Waals surface area contributed by atoms with Crippen molar-refractivity contribution in [2.75, 3.05) is 0 Å². The maximum absolute atomic E-state index is 12.7. The molecule has 0 fully saturated rings. The quantitative estimate of drug-likeness (QED) is 0.245. The first-order valence-electron chi connectivity index (χ1n) is 7.18. The van der Waals surface area contributed by atoms with Crippen molar-refractivity contribution in [3.05, 3.63) is 80.5 Å². The summed E-state index contributed by atoms with van der Waals surface area (Å²) in [5.41, 5.74) is 1.03. The number of fused-ring (bicyclic) bond motifs is 1. The molecule has 6 nitrogen and oxygen atoms in total. The van der Waals surface area contributed by atoms with Crippen LogP contribution in [0.15, 0.2) is 54.2 Å². The molecule has 0 radical (unpaired) electrons. The number of nitro groups is 1. The Morgan fingerprint density at radius 1 is 1.28 bits per heavy atom. The van der Waals surface area contributed by atoms with Gasteiger partial charge in [-0.2, -0.15) is 5.26 Å². The van der Waals surface area contributed by atoms with Crippen LogP contribution in [0.4, 0.5) is 5.69 Å². The number of hydrogen-bond acceptors (Lipinski definition) is 4. The van der Waals surface area contributed by atoms with Crippen LogP contribution in [0.3, 0.4) is 0 Å². The van der Waals surface area contributed by atoms with Crippen molar-refractivity contribution >= 4 is 40.1 Å². The lowest BCUT2D eigenvalue weighted by Gasteiger charge is -2.01. The van der Waals surface area contributed by atoms with Crippen molar-refractivity contribution in [1.29, 1.82) is 5.26 Å². The fourth-order valence-electron chi connectivity index (χ4n) is 2.46. The topological polar surface area (TPSA) is 99.8 Å². The van der Waals surface area contributed by atoms with Crippen LogP contribution in [0.1, 0.15) is 15.9 Å². The number of rotatable bonds is 4. The molecule has 7 heteroatoms. The summed E-state index contributed by atoms with van der Waals surface area (Å²) >= 11 is 6.03. The zero-order valence-corrected chi connectivity index (χ0v) is 13.4. The van der Waals surface area contributed by atoms with Crippen molar-refractivity contribution in [2.24, 2.45) is 0 Å². The number of allylic oxidation sites excluding steroid dienone is 1. The lowest BCUT2D eigenvalue weighted by molar-refractivity contribution is -0.384. The van der Waals surface area contributed by atoms with Crippen molar-refractivity contribution in [2.45, 2.75) is 0 Å². The number of aromatic amines is 1. The molecule has 0 atom stereocenters. The van der Waals surface area contributed by atoms with Gasteiger partial charge in [0.1, 0.15) is 11.6 Å². The monoisotopic (exact) mass is 351 g/mol. The molecule has 0 saturated heterocycles. The van der Waals surface area contributed by atoms with Crippen molar-refractivity contribution in [1.82, 2.24) is 4.98 Å². The van der Waals surface area contributed by atoms with Gasteiger partial charge in [0.25, 0.3) is 5.69 Å². The largest absolute Gasteiger partial charge is 0.360 e. The predicted octanol–water partition coefficient (Wildman–Crippen LogP) is 4.52. The average molecular weight is 352 g/mol. The van der Waals surface area contributed by atoms with Crippen LogP contribution in [0.5, 0.6) is 0 Å². The Morgan fingerprint density at radius 3 is 2.76 bits per heavy atom. The molecule has 0 unspecified atom stereocenters. The van der Waals surface area contributed by atoms with Crippen molar-refractivity contribution in [3.63, 3.8) is 0 Å². The Balaban J connectivity index is 2.07. The number of nitro benzene ring substituents is 1. The molecule has 1 N–H and O–H groups in total. The first kappa shape index (κ1) is 16.4. The molecule has 1 heterocycles. The molecule has 25 heavy (non-hydrogen) atoms. The lowest BCUT2D eigenvalue weighted by Crippen LogP contribution is -2.01. The molecule has 3 aromatic rings. The van der Waals surface area contributed by atoms with Gasteiger partial charge in [0.05, 0.1) is 4.92 Å². The van der Waals surface area contributed by atoms with E-state index in [9.17, 15) is 20.2 Å². The summed E-state index contributed by atoms with van der Waals surface area (Å²) in [6.07, 6.45) is 2.80. The number of aromatic nitrogens is 1. The summed E-state index contributed by atoms with van der Waals surface area (Å²) in [4.78, 5) is 26.0. The summed E-state index contributed by atoms with van der Waals surface area (Å²) in [5.74, 6) is -0.484. The zero-order chi connectivity index (χ0) is 18.0. The number of hydrogen-bond donors (Lipinski definition) is 1. The SMILES string of the molecule is N#C/C(=C\c1cc([N+](=O)[O-])ccc1Cl)C(=O)c1c[nH]c2ccccc12. The molecule has 0 spiro atoms. The number of para-hydroxylation sites is 1. The Hall–Kier alpha value is -3.43. The molecule has 2 aromatic carbocycles. The number of Topliss-reactive ketones (excluding diaryl/α,β-unsaturated/α-hetero) is 1. The second-order valence-electron chi connectivity index (χ2n) is 5.21. The highest BCUT2D eigenvalue weighted by Gasteiger charge is 2.17. The molecule has 0 saturated carbocycles. The summed E-state index contributed by atoms with van der Waals surface area (Å²) in [6, 6.07) is 12.9. The Bertz CT molecular complexity index is 1080. The van der Waals surface area contributed by atoms with Gasteiger partial charge in [-0.1, -0.05) is 29.8 Å². The number of benzene rings is 2. The third-order valence-electron chi connectivity index (χ3n) is 3.69. The minimum atomic E-state index is -0.568. The van der Waals surface area contributed by atoms with Crippen LogP contribution >= 0.6 is 11.6 Å². The molecule has 0 bridgehead atoms. The third kappa shape index (κ3) is 3.13. The number of carbonyl (C=O) groups excluding carboxylic acids is 1. The average Bonchev–Trinajstić information content (AvgIpc) is 3.04. The fraction of sp³-hybridized carbons (Fsp3) is 0. The van der Waals surface area contributed by atoms with E-state index in [4.69, 9.17) is 11.6 Å². The fourth-order valence-corrected chi connectivity index (χ4v) is 2.64. The molecular weight excluding hydrogens is 342 g/mol. The van der Waals surface area contributed by atoms with E-state index in [-0.39, 0.29) is 21.8 Å². The molecule has 122 valence electrons. The first-order chi connectivity index (χ1) is 12.0. The van der Waals surface area contributed by atoms with E-state index in [1.165, 1.54) is 30.5 Å². The van der Waals surface area contributed by atoms with Gasteiger partial charge >= 0.3 is 0 Å². The highest BCUT2D eigenvalue weighted by Crippen LogP contribution is 2.26. The van der Waals surface area contributed by atoms with Crippen LogP contribution in [-0.4, -0.2) is 15.7 Å². The van der Waals surface area contributed by atoms with Gasteiger partial charge in [0, 0.05) is 45.4 Å².